The zero-order valence-electron chi connectivity index (χ0n) is 13.7. The van der Waals surface area contributed by atoms with E-state index in [0.717, 1.165) is 11.1 Å². The lowest BCUT2D eigenvalue weighted by molar-refractivity contribution is -0.116. The Balaban J connectivity index is 1.80. The van der Waals surface area contributed by atoms with Crippen molar-refractivity contribution in [3.63, 3.8) is 0 Å². The van der Waals surface area contributed by atoms with Crippen LogP contribution in [-0.2, 0) is 4.79 Å². The van der Waals surface area contributed by atoms with Crippen LogP contribution in [0.25, 0.3) is 0 Å². The molecular weight excluding hydrogens is 339 g/mol. The number of carbonyl (C=O) groups excluding carboxylic acids is 1. The summed E-state index contributed by atoms with van der Waals surface area (Å²) in [5.74, 6) is -0.674. The fourth-order valence-electron chi connectivity index (χ4n) is 2.79. The molecule has 5 heteroatoms. The summed E-state index contributed by atoms with van der Waals surface area (Å²) in [6.07, 6.45) is 4.14. The molecular formula is C20H18ClFN2O. The van der Waals surface area contributed by atoms with Crippen LogP contribution in [-0.4, -0.2) is 10.5 Å². The molecule has 0 radical (unpaired) electrons. The van der Waals surface area contributed by atoms with Gasteiger partial charge >= 0.3 is 0 Å². The summed E-state index contributed by atoms with van der Waals surface area (Å²) in [5.41, 5.74) is 2.68. The third-order valence-corrected chi connectivity index (χ3v) is 4.29. The van der Waals surface area contributed by atoms with Crippen LogP contribution in [0.1, 0.15) is 23.6 Å². The van der Waals surface area contributed by atoms with E-state index in [4.69, 9.17) is 11.6 Å². The van der Waals surface area contributed by atoms with E-state index in [2.05, 4.69) is 11.4 Å². The summed E-state index contributed by atoms with van der Waals surface area (Å²) in [7, 11) is 0. The highest BCUT2D eigenvalue weighted by Crippen LogP contribution is 2.25. The minimum atomic E-state index is -0.510. The average molecular weight is 357 g/mol. The zero-order valence-corrected chi connectivity index (χ0v) is 14.5. The van der Waals surface area contributed by atoms with Crippen LogP contribution in [0.3, 0.4) is 0 Å². The summed E-state index contributed by atoms with van der Waals surface area (Å²) >= 11 is 5.77. The maximum absolute atomic E-state index is 13.2. The fourth-order valence-corrected chi connectivity index (χ4v) is 2.97. The Morgan fingerprint density at radius 3 is 2.60 bits per heavy atom. The van der Waals surface area contributed by atoms with E-state index >= 15 is 0 Å². The smallest absolute Gasteiger partial charge is 0.226 e. The molecule has 0 saturated carbocycles. The maximum Gasteiger partial charge on any atom is 0.226 e. The Hall–Kier alpha value is -2.59. The largest absolute Gasteiger partial charge is 0.346 e. The predicted molar refractivity (Wildman–Crippen MR) is 98.4 cm³/mol. The average Bonchev–Trinajstić information content (AvgIpc) is 3.10. The third kappa shape index (κ3) is 4.28. The van der Waals surface area contributed by atoms with Crippen LogP contribution in [0.5, 0.6) is 0 Å². The van der Waals surface area contributed by atoms with Crippen LogP contribution >= 0.6 is 11.6 Å². The summed E-state index contributed by atoms with van der Waals surface area (Å²) in [4.78, 5) is 12.5. The van der Waals surface area contributed by atoms with E-state index in [9.17, 15) is 9.18 Å². The molecule has 0 fully saturated rings. The molecule has 128 valence electrons. The Bertz CT molecular complexity index is 877. The van der Waals surface area contributed by atoms with Crippen molar-refractivity contribution in [3.8, 4) is 0 Å². The minimum absolute atomic E-state index is 0.0153. The quantitative estimate of drug-likeness (QED) is 0.669. The first-order chi connectivity index (χ1) is 12.0. The molecule has 1 amide bonds. The first-order valence-corrected chi connectivity index (χ1v) is 8.34. The topological polar surface area (TPSA) is 34.0 Å². The van der Waals surface area contributed by atoms with Gasteiger partial charge in [-0.1, -0.05) is 41.4 Å². The molecule has 0 aliphatic carbocycles. The number of hydrogen-bond donors (Lipinski definition) is 1. The number of halogens is 2. The monoisotopic (exact) mass is 356 g/mol. The van der Waals surface area contributed by atoms with Gasteiger partial charge in [-0.2, -0.15) is 0 Å². The standard InChI is InChI=1S/C20H18ClFN2O/c1-14-5-4-6-15(11-14)19(24-9-2-3-10-24)13-20(25)23-16-7-8-18(22)17(21)12-16/h2-12,19H,13H2,1H3,(H,23,25)/t19-/m1/s1. The van der Waals surface area contributed by atoms with Gasteiger partial charge in [0.1, 0.15) is 5.82 Å². The van der Waals surface area contributed by atoms with Gasteiger partial charge in [0, 0.05) is 18.1 Å². The number of benzene rings is 2. The number of anilines is 1. The predicted octanol–water partition coefficient (Wildman–Crippen LogP) is 5.21. The van der Waals surface area contributed by atoms with Gasteiger partial charge in [0.25, 0.3) is 0 Å². The number of amides is 1. The molecule has 0 saturated heterocycles. The van der Waals surface area contributed by atoms with Crippen LogP contribution < -0.4 is 5.32 Å². The van der Waals surface area contributed by atoms with Crippen LogP contribution in [0.4, 0.5) is 10.1 Å². The van der Waals surface area contributed by atoms with Gasteiger partial charge in [0.15, 0.2) is 0 Å². The van der Waals surface area contributed by atoms with Crippen LogP contribution in [0.15, 0.2) is 67.0 Å². The van der Waals surface area contributed by atoms with Crippen LogP contribution in [0, 0.1) is 12.7 Å². The van der Waals surface area contributed by atoms with Gasteiger partial charge in [0.05, 0.1) is 17.5 Å². The molecule has 1 N–H and O–H groups in total. The lowest BCUT2D eigenvalue weighted by atomic mass is 10.0. The Morgan fingerprint density at radius 1 is 1.16 bits per heavy atom. The van der Waals surface area contributed by atoms with Gasteiger partial charge in [0.2, 0.25) is 5.91 Å². The molecule has 0 aliphatic heterocycles. The third-order valence-electron chi connectivity index (χ3n) is 4.00. The number of hydrogen-bond acceptors (Lipinski definition) is 1. The molecule has 0 unspecified atom stereocenters. The molecule has 25 heavy (non-hydrogen) atoms. The number of aryl methyl sites for hydroxylation is 1. The summed E-state index contributed by atoms with van der Waals surface area (Å²) in [5, 5.41) is 2.77. The van der Waals surface area contributed by atoms with Crippen LogP contribution in [0.2, 0.25) is 5.02 Å². The van der Waals surface area contributed by atoms with E-state index in [-0.39, 0.29) is 23.4 Å². The van der Waals surface area contributed by atoms with E-state index in [1.807, 2.05) is 54.2 Å². The highest BCUT2D eigenvalue weighted by atomic mass is 35.5. The number of rotatable bonds is 5. The van der Waals surface area contributed by atoms with E-state index < -0.39 is 5.82 Å². The Labute approximate surface area is 151 Å². The second-order valence-electron chi connectivity index (χ2n) is 5.94. The van der Waals surface area contributed by atoms with Crippen molar-refractivity contribution >= 4 is 23.2 Å². The molecule has 0 bridgehead atoms. The van der Waals surface area contributed by atoms with E-state index in [0.29, 0.717) is 5.69 Å². The van der Waals surface area contributed by atoms with Gasteiger partial charge in [-0.3, -0.25) is 4.79 Å². The molecule has 2 aromatic carbocycles. The number of aromatic nitrogens is 1. The Kier molecular flexibility index (Phi) is 5.19. The second kappa shape index (κ2) is 7.53. The molecule has 0 aliphatic rings. The number of carbonyl (C=O) groups is 1. The second-order valence-corrected chi connectivity index (χ2v) is 6.35. The molecule has 1 atom stereocenters. The Morgan fingerprint density at radius 2 is 1.92 bits per heavy atom. The highest BCUT2D eigenvalue weighted by Gasteiger charge is 2.18. The van der Waals surface area contributed by atoms with Crippen molar-refractivity contribution < 1.29 is 9.18 Å². The molecule has 1 aromatic heterocycles. The van der Waals surface area contributed by atoms with Gasteiger partial charge in [-0.25, -0.2) is 4.39 Å². The van der Waals surface area contributed by atoms with Crippen molar-refractivity contribution in [2.45, 2.75) is 19.4 Å². The minimum Gasteiger partial charge on any atom is -0.346 e. The fraction of sp³-hybridized carbons (Fsp3) is 0.150. The normalized spacial score (nSPS) is 12.0. The van der Waals surface area contributed by atoms with E-state index in [1.54, 1.807) is 0 Å². The van der Waals surface area contributed by atoms with Crippen molar-refractivity contribution in [3.05, 3.63) is 89.0 Å². The van der Waals surface area contributed by atoms with Gasteiger partial charge < -0.3 is 9.88 Å². The van der Waals surface area contributed by atoms with Gasteiger partial charge in [-0.15, -0.1) is 0 Å². The van der Waals surface area contributed by atoms with Crippen molar-refractivity contribution in [1.29, 1.82) is 0 Å². The number of nitrogens with one attached hydrogen (secondary N) is 1. The summed E-state index contributed by atoms with van der Waals surface area (Å²) in [6.45, 7) is 2.02. The molecule has 0 spiro atoms. The van der Waals surface area contributed by atoms with Crippen molar-refractivity contribution in [1.82, 2.24) is 4.57 Å². The molecule has 3 rings (SSSR count). The molecule has 3 aromatic rings. The maximum atomic E-state index is 13.2. The van der Waals surface area contributed by atoms with Crippen molar-refractivity contribution in [2.75, 3.05) is 5.32 Å². The molecule has 3 nitrogen and oxygen atoms in total. The first-order valence-electron chi connectivity index (χ1n) is 7.97. The van der Waals surface area contributed by atoms with E-state index in [1.165, 1.54) is 18.2 Å². The molecule has 1 heterocycles. The first kappa shape index (κ1) is 17.2. The number of nitrogens with zero attached hydrogens (tertiary/aromatic N) is 1. The summed E-state index contributed by atoms with van der Waals surface area (Å²) in [6, 6.07) is 16.0. The highest BCUT2D eigenvalue weighted by molar-refractivity contribution is 6.31. The summed E-state index contributed by atoms with van der Waals surface area (Å²) < 4.78 is 15.2. The van der Waals surface area contributed by atoms with Gasteiger partial charge in [-0.05, 0) is 42.8 Å². The zero-order chi connectivity index (χ0) is 17.8. The lowest BCUT2D eigenvalue weighted by Crippen LogP contribution is -2.19. The SMILES string of the molecule is Cc1cccc([C@@H](CC(=O)Nc2ccc(F)c(Cl)c2)n2cccc2)c1. The lowest BCUT2D eigenvalue weighted by Gasteiger charge is -2.20. The van der Waals surface area contributed by atoms with Crippen molar-refractivity contribution in [2.24, 2.45) is 0 Å².